The molecule has 0 aliphatic heterocycles. The maximum atomic E-state index is 12.1. The lowest BCUT2D eigenvalue weighted by molar-refractivity contribution is 0.472. The second-order valence-corrected chi connectivity index (χ2v) is 11.2. The van der Waals surface area contributed by atoms with Crippen molar-refractivity contribution in [2.24, 2.45) is 10.2 Å². The van der Waals surface area contributed by atoms with Gasteiger partial charge in [-0.3, -0.25) is 9.11 Å². The molecule has 0 spiro atoms. The van der Waals surface area contributed by atoms with Crippen molar-refractivity contribution in [2.45, 2.75) is 23.6 Å². The summed E-state index contributed by atoms with van der Waals surface area (Å²) < 4.78 is 66.3. The Kier molecular flexibility index (Phi) is 6.42. The Morgan fingerprint density at radius 2 is 1.35 bits per heavy atom. The summed E-state index contributed by atoms with van der Waals surface area (Å²) in [6.07, 6.45) is 0. The van der Waals surface area contributed by atoms with Crippen LogP contribution < -0.4 is 11.5 Å². The first-order valence-corrected chi connectivity index (χ1v) is 13.5. The number of aryl methyl sites for hydroxylation is 2. The quantitative estimate of drug-likeness (QED) is 0.132. The first-order chi connectivity index (χ1) is 17.2. The number of nitrogens with two attached hydrogens (primary N) is 2. The molecule has 0 aromatic heterocycles. The number of hydrogen-bond acceptors (Lipinski definition) is 9. The third-order valence-corrected chi connectivity index (χ3v) is 7.49. The average molecular weight is 543 g/mol. The van der Waals surface area contributed by atoms with Crippen LogP contribution in [0.2, 0.25) is 0 Å². The van der Waals surface area contributed by atoms with Gasteiger partial charge in [0.25, 0.3) is 20.2 Å². The Bertz CT molecular complexity index is 1830. The van der Waals surface area contributed by atoms with E-state index in [0.29, 0.717) is 16.9 Å². The molecule has 0 saturated heterocycles. The molecule has 0 unspecified atom stereocenters. The Balaban J connectivity index is 1.85. The molecule has 13 heteroatoms. The molecular formula is C24H22N4O7S2. The van der Waals surface area contributed by atoms with Crippen molar-refractivity contribution in [3.63, 3.8) is 0 Å². The zero-order valence-corrected chi connectivity index (χ0v) is 21.2. The Morgan fingerprint density at radius 1 is 0.730 bits per heavy atom. The summed E-state index contributed by atoms with van der Waals surface area (Å²) in [4.78, 5) is -1.46. The number of benzene rings is 4. The molecule has 0 atom stereocenters. The highest BCUT2D eigenvalue weighted by Crippen LogP contribution is 2.44. The third-order valence-electron chi connectivity index (χ3n) is 5.79. The highest BCUT2D eigenvalue weighted by molar-refractivity contribution is 7.86. The minimum atomic E-state index is -4.95. The highest BCUT2D eigenvalue weighted by Gasteiger charge is 2.24. The lowest BCUT2D eigenvalue weighted by Gasteiger charge is -2.12. The summed E-state index contributed by atoms with van der Waals surface area (Å²) in [6, 6.07) is 13.6. The predicted octanol–water partition coefficient (Wildman–Crippen LogP) is 4.90. The number of fused-ring (bicyclic) bond motifs is 1. The van der Waals surface area contributed by atoms with Crippen LogP contribution in [0.1, 0.15) is 11.1 Å². The normalized spacial score (nSPS) is 12.4. The molecule has 0 amide bonds. The highest BCUT2D eigenvalue weighted by atomic mass is 32.2. The first kappa shape index (κ1) is 26.0. The minimum absolute atomic E-state index is 0.139. The van der Waals surface area contributed by atoms with Crippen molar-refractivity contribution < 1.29 is 31.0 Å². The van der Waals surface area contributed by atoms with Crippen LogP contribution in [0.3, 0.4) is 0 Å². The van der Waals surface area contributed by atoms with Gasteiger partial charge in [-0.15, -0.1) is 5.11 Å². The van der Waals surface area contributed by atoms with Crippen molar-refractivity contribution in [1.29, 1.82) is 0 Å². The number of hydrogen-bond donors (Lipinski definition) is 5. The van der Waals surface area contributed by atoms with Gasteiger partial charge in [0, 0.05) is 16.8 Å². The predicted molar refractivity (Wildman–Crippen MR) is 140 cm³/mol. The lowest BCUT2D eigenvalue weighted by atomic mass is 10.0. The molecular weight excluding hydrogens is 520 g/mol. The Labute approximate surface area is 212 Å². The first-order valence-electron chi connectivity index (χ1n) is 10.6. The van der Waals surface area contributed by atoms with E-state index in [1.807, 2.05) is 25.1 Å². The molecule has 0 bridgehead atoms. The van der Waals surface area contributed by atoms with Gasteiger partial charge < -0.3 is 16.6 Å². The fourth-order valence-electron chi connectivity index (χ4n) is 3.84. The number of aromatic hydroxyl groups is 1. The van der Waals surface area contributed by atoms with Crippen LogP contribution in [0.5, 0.6) is 5.75 Å². The van der Waals surface area contributed by atoms with Crippen molar-refractivity contribution >= 4 is 53.8 Å². The van der Waals surface area contributed by atoms with E-state index in [4.69, 9.17) is 11.5 Å². The molecule has 4 aromatic carbocycles. The van der Waals surface area contributed by atoms with Gasteiger partial charge in [0.2, 0.25) is 0 Å². The third kappa shape index (κ3) is 5.11. The molecule has 192 valence electrons. The van der Waals surface area contributed by atoms with Gasteiger partial charge in [0.15, 0.2) is 5.75 Å². The number of rotatable bonds is 5. The second-order valence-electron chi connectivity index (χ2n) is 8.41. The van der Waals surface area contributed by atoms with E-state index >= 15 is 0 Å². The van der Waals surface area contributed by atoms with E-state index in [2.05, 4.69) is 10.2 Å². The SMILES string of the molecule is Cc1cc(-c2ccc(N=Nc3c(S(=O)(=O)O)cc4cc(S(=O)(=O)O)cc(N)c4c3O)c(C)c2)ccc1N. The van der Waals surface area contributed by atoms with Crippen LogP contribution in [-0.4, -0.2) is 31.0 Å². The number of nitrogens with zero attached hydrogens (tertiary/aromatic N) is 2. The number of phenols is 1. The molecule has 0 aliphatic carbocycles. The molecule has 0 saturated carbocycles. The maximum Gasteiger partial charge on any atom is 0.296 e. The van der Waals surface area contributed by atoms with Crippen LogP contribution in [0.25, 0.3) is 21.9 Å². The fourth-order valence-corrected chi connectivity index (χ4v) is 5.05. The Morgan fingerprint density at radius 3 is 1.92 bits per heavy atom. The van der Waals surface area contributed by atoms with Crippen molar-refractivity contribution in [3.8, 4) is 16.9 Å². The standard InChI is InChI=1S/C24H22N4O7S2/c1-12-7-14(3-5-18(12)25)15-4-6-20(13(2)8-15)27-28-23-21(37(33,34)35)10-16-9-17(36(30,31)32)11-19(26)22(16)24(23)29/h3-11,29H,25-26H2,1-2H3,(H,30,31,32)(H,33,34,35). The summed E-state index contributed by atoms with van der Waals surface area (Å²) in [5, 5.41) is 18.5. The number of anilines is 2. The van der Waals surface area contributed by atoms with Gasteiger partial charge in [-0.1, -0.05) is 12.1 Å². The van der Waals surface area contributed by atoms with Gasteiger partial charge in [0.1, 0.15) is 10.6 Å². The molecule has 11 nitrogen and oxygen atoms in total. The minimum Gasteiger partial charge on any atom is -0.505 e. The van der Waals surface area contributed by atoms with Gasteiger partial charge in [-0.2, -0.15) is 21.9 Å². The molecule has 0 aliphatic rings. The summed E-state index contributed by atoms with van der Waals surface area (Å²) in [7, 11) is -9.64. The number of azo groups is 1. The smallest absolute Gasteiger partial charge is 0.296 e. The molecule has 4 aromatic rings. The van der Waals surface area contributed by atoms with Crippen molar-refractivity contribution in [1.82, 2.24) is 0 Å². The Hall–Kier alpha value is -4.04. The van der Waals surface area contributed by atoms with Crippen LogP contribution in [0.15, 0.2) is 74.6 Å². The second kappa shape index (κ2) is 9.12. The van der Waals surface area contributed by atoms with E-state index < -0.39 is 41.5 Å². The molecule has 0 fully saturated rings. The number of nitrogen functional groups attached to an aromatic ring is 2. The molecule has 0 heterocycles. The van der Waals surface area contributed by atoms with Crippen LogP contribution in [0.4, 0.5) is 22.7 Å². The maximum absolute atomic E-state index is 12.1. The van der Waals surface area contributed by atoms with Crippen LogP contribution in [-0.2, 0) is 20.2 Å². The van der Waals surface area contributed by atoms with Crippen molar-refractivity contribution in [3.05, 3.63) is 65.7 Å². The van der Waals surface area contributed by atoms with Gasteiger partial charge in [0.05, 0.1) is 10.6 Å². The largest absolute Gasteiger partial charge is 0.505 e. The monoisotopic (exact) mass is 542 g/mol. The molecule has 7 N–H and O–H groups in total. The van der Waals surface area contributed by atoms with Gasteiger partial charge in [-0.25, -0.2) is 0 Å². The lowest BCUT2D eigenvalue weighted by Crippen LogP contribution is -2.02. The van der Waals surface area contributed by atoms with Gasteiger partial charge >= 0.3 is 0 Å². The van der Waals surface area contributed by atoms with Crippen molar-refractivity contribution in [2.75, 3.05) is 11.5 Å². The fraction of sp³-hybridized carbons (Fsp3) is 0.0833. The molecule has 0 radical (unpaired) electrons. The zero-order valence-electron chi connectivity index (χ0n) is 19.5. The molecule has 37 heavy (non-hydrogen) atoms. The molecule has 4 rings (SSSR count). The van der Waals surface area contributed by atoms with E-state index in [9.17, 15) is 31.0 Å². The van der Waals surface area contributed by atoms with Gasteiger partial charge in [-0.05, 0) is 84.0 Å². The summed E-state index contributed by atoms with van der Waals surface area (Å²) >= 11 is 0. The summed E-state index contributed by atoms with van der Waals surface area (Å²) in [5.74, 6) is -0.750. The topological polar surface area (TPSA) is 206 Å². The van der Waals surface area contributed by atoms with E-state index in [-0.39, 0.29) is 16.5 Å². The number of phenolic OH excluding ortho intramolecular Hbond substituents is 1. The summed E-state index contributed by atoms with van der Waals surface area (Å²) in [6.45, 7) is 3.66. The van der Waals surface area contributed by atoms with Crippen LogP contribution >= 0.6 is 0 Å². The summed E-state index contributed by atoms with van der Waals surface area (Å²) in [5.41, 5.74) is 15.3. The van der Waals surface area contributed by atoms with E-state index in [1.165, 1.54) is 0 Å². The zero-order chi connectivity index (χ0) is 27.3. The van der Waals surface area contributed by atoms with E-state index in [0.717, 1.165) is 34.9 Å². The van der Waals surface area contributed by atoms with Crippen LogP contribution in [0, 0.1) is 13.8 Å². The van der Waals surface area contributed by atoms with E-state index in [1.54, 1.807) is 25.1 Å². The average Bonchev–Trinajstić information content (AvgIpc) is 2.79.